The van der Waals surface area contributed by atoms with E-state index in [-0.39, 0.29) is 12.1 Å². The zero-order chi connectivity index (χ0) is 15.4. The smallest absolute Gasteiger partial charge is 0.0702 e. The first-order valence-corrected chi connectivity index (χ1v) is 9.77. The minimum Gasteiger partial charge on any atom is -0.326 e. The van der Waals surface area contributed by atoms with Crippen molar-refractivity contribution in [1.82, 2.24) is 4.90 Å². The number of thiophene rings is 2. The lowest BCUT2D eigenvalue weighted by atomic mass is 10.0. The third kappa shape index (κ3) is 4.39. The van der Waals surface area contributed by atoms with Gasteiger partial charge in [-0.25, -0.2) is 0 Å². The van der Waals surface area contributed by atoms with Gasteiger partial charge in [0.25, 0.3) is 0 Å². The molecule has 21 heavy (non-hydrogen) atoms. The highest BCUT2D eigenvalue weighted by Gasteiger charge is 2.27. The second kappa shape index (κ2) is 7.88. The molecule has 0 saturated carbocycles. The molecule has 2 aromatic heterocycles. The number of hydrogen-bond donors (Lipinski definition) is 1. The van der Waals surface area contributed by atoms with E-state index < -0.39 is 0 Å². The molecule has 2 N–H and O–H groups in total. The molecule has 2 aromatic rings. The minimum atomic E-state index is 0.159. The Hall–Kier alpha value is -0.200. The quantitative estimate of drug-likeness (QED) is 0.731. The minimum absolute atomic E-state index is 0.159. The van der Waals surface area contributed by atoms with Crippen LogP contribution in [0.4, 0.5) is 0 Å². The van der Waals surface area contributed by atoms with Gasteiger partial charge in [0.15, 0.2) is 0 Å². The van der Waals surface area contributed by atoms with Crippen molar-refractivity contribution in [1.29, 1.82) is 0 Å². The van der Waals surface area contributed by atoms with Crippen LogP contribution < -0.4 is 5.73 Å². The predicted molar refractivity (Wildman–Crippen MR) is 98.3 cm³/mol. The van der Waals surface area contributed by atoms with Crippen molar-refractivity contribution in [2.24, 2.45) is 5.73 Å². The van der Waals surface area contributed by atoms with Gasteiger partial charge < -0.3 is 5.73 Å². The van der Waals surface area contributed by atoms with Crippen LogP contribution in [0.2, 0.25) is 0 Å². The Morgan fingerprint density at radius 2 is 2.10 bits per heavy atom. The zero-order valence-electron chi connectivity index (χ0n) is 12.8. The molecule has 2 heterocycles. The van der Waals surface area contributed by atoms with E-state index in [1.165, 1.54) is 13.5 Å². The molecule has 0 aromatic carbocycles. The molecule has 0 saturated heterocycles. The Labute approximate surface area is 144 Å². The fourth-order valence-electron chi connectivity index (χ4n) is 2.56. The Balaban J connectivity index is 2.15. The summed E-state index contributed by atoms with van der Waals surface area (Å²) < 4.78 is 1.17. The molecular formula is C16H23BrN2S2. The van der Waals surface area contributed by atoms with Gasteiger partial charge in [0.05, 0.1) is 9.83 Å². The van der Waals surface area contributed by atoms with Gasteiger partial charge in [-0.1, -0.05) is 13.0 Å². The molecule has 0 amide bonds. The van der Waals surface area contributed by atoms with E-state index in [0.29, 0.717) is 6.04 Å². The van der Waals surface area contributed by atoms with Gasteiger partial charge in [-0.3, -0.25) is 4.90 Å². The van der Waals surface area contributed by atoms with Crippen molar-refractivity contribution >= 4 is 38.6 Å². The lowest BCUT2D eigenvalue weighted by Gasteiger charge is -2.36. The molecule has 5 heteroatoms. The van der Waals surface area contributed by atoms with Crippen molar-refractivity contribution < 1.29 is 0 Å². The summed E-state index contributed by atoms with van der Waals surface area (Å²) in [6.45, 7) is 4.45. The molecule has 0 aliphatic heterocycles. The van der Waals surface area contributed by atoms with Crippen LogP contribution in [0.15, 0.2) is 33.4 Å². The molecule has 3 unspecified atom stereocenters. The number of halogens is 1. The SMILES string of the molecule is CCC(N)C(c1ccc(Br)s1)N(C)C(C)Cc1cccs1. The lowest BCUT2D eigenvalue weighted by Crippen LogP contribution is -2.43. The molecule has 0 aliphatic carbocycles. The maximum Gasteiger partial charge on any atom is 0.0702 e. The van der Waals surface area contributed by atoms with E-state index >= 15 is 0 Å². The van der Waals surface area contributed by atoms with Crippen molar-refractivity contribution in [2.75, 3.05) is 7.05 Å². The fraction of sp³-hybridized carbons (Fsp3) is 0.500. The van der Waals surface area contributed by atoms with Gasteiger partial charge in [-0.2, -0.15) is 0 Å². The van der Waals surface area contributed by atoms with Crippen molar-refractivity contribution in [2.45, 2.75) is 44.8 Å². The first-order chi connectivity index (χ1) is 10.0. The average Bonchev–Trinajstić information content (AvgIpc) is 3.10. The summed E-state index contributed by atoms with van der Waals surface area (Å²) in [4.78, 5) is 5.22. The molecular weight excluding hydrogens is 364 g/mol. The number of likely N-dealkylation sites (N-methyl/N-ethyl adjacent to an activating group) is 1. The van der Waals surface area contributed by atoms with E-state index in [1.807, 2.05) is 11.3 Å². The van der Waals surface area contributed by atoms with Gasteiger partial charge in [0.1, 0.15) is 0 Å². The number of nitrogens with zero attached hydrogens (tertiary/aromatic N) is 1. The van der Waals surface area contributed by atoms with Crippen LogP contribution in [-0.2, 0) is 6.42 Å². The summed E-state index contributed by atoms with van der Waals surface area (Å²) in [6, 6.07) is 9.56. The molecule has 0 bridgehead atoms. The Morgan fingerprint density at radius 3 is 2.62 bits per heavy atom. The van der Waals surface area contributed by atoms with Crippen molar-refractivity contribution in [3.63, 3.8) is 0 Å². The van der Waals surface area contributed by atoms with E-state index in [9.17, 15) is 0 Å². The summed E-state index contributed by atoms with van der Waals surface area (Å²) in [5, 5.41) is 2.15. The maximum absolute atomic E-state index is 6.42. The maximum atomic E-state index is 6.42. The molecule has 0 fully saturated rings. The molecule has 0 spiro atoms. The monoisotopic (exact) mass is 386 g/mol. The first-order valence-electron chi connectivity index (χ1n) is 7.28. The van der Waals surface area contributed by atoms with Gasteiger partial charge in [-0.15, -0.1) is 22.7 Å². The van der Waals surface area contributed by atoms with Crippen LogP contribution >= 0.6 is 38.6 Å². The average molecular weight is 387 g/mol. The van der Waals surface area contributed by atoms with Crippen LogP contribution in [0.1, 0.15) is 36.1 Å². The molecule has 0 aliphatic rings. The first kappa shape index (κ1) is 17.2. The largest absolute Gasteiger partial charge is 0.326 e. The fourth-order valence-corrected chi connectivity index (χ4v) is 5.04. The van der Waals surface area contributed by atoms with E-state index in [2.05, 4.69) is 71.4 Å². The Kier molecular flexibility index (Phi) is 6.44. The van der Waals surface area contributed by atoms with Gasteiger partial charge in [0.2, 0.25) is 0 Å². The second-order valence-electron chi connectivity index (χ2n) is 5.46. The summed E-state index contributed by atoms with van der Waals surface area (Å²) in [7, 11) is 2.20. The molecule has 2 rings (SSSR count). The van der Waals surface area contributed by atoms with Crippen LogP contribution in [0.25, 0.3) is 0 Å². The van der Waals surface area contributed by atoms with E-state index in [4.69, 9.17) is 5.73 Å². The van der Waals surface area contributed by atoms with Crippen LogP contribution in [0, 0.1) is 0 Å². The standard InChI is InChI=1S/C16H23BrN2S2/c1-4-13(18)16(14-7-8-15(17)21-14)19(3)11(2)10-12-6-5-9-20-12/h5-9,11,13,16H,4,10,18H2,1-3H3. The van der Waals surface area contributed by atoms with Crippen LogP contribution in [0.3, 0.4) is 0 Å². The van der Waals surface area contributed by atoms with Gasteiger partial charge in [0, 0.05) is 21.8 Å². The highest BCUT2D eigenvalue weighted by molar-refractivity contribution is 9.11. The lowest BCUT2D eigenvalue weighted by molar-refractivity contribution is 0.160. The van der Waals surface area contributed by atoms with Crippen molar-refractivity contribution in [3.8, 4) is 0 Å². The third-order valence-electron chi connectivity index (χ3n) is 3.97. The summed E-state index contributed by atoms with van der Waals surface area (Å²) >= 11 is 7.19. The number of hydrogen-bond acceptors (Lipinski definition) is 4. The van der Waals surface area contributed by atoms with Crippen molar-refractivity contribution in [3.05, 3.63) is 43.2 Å². The van der Waals surface area contributed by atoms with E-state index in [0.717, 1.165) is 12.8 Å². The number of rotatable bonds is 7. The third-order valence-corrected chi connectivity index (χ3v) is 6.57. The van der Waals surface area contributed by atoms with Crippen LogP contribution in [-0.4, -0.2) is 24.0 Å². The summed E-state index contributed by atoms with van der Waals surface area (Å²) in [5.74, 6) is 0. The molecule has 3 atom stereocenters. The normalized spacial score (nSPS) is 16.1. The molecule has 116 valence electrons. The zero-order valence-corrected chi connectivity index (χ0v) is 16.0. The molecule has 2 nitrogen and oxygen atoms in total. The highest BCUT2D eigenvalue weighted by Crippen LogP contribution is 2.34. The molecule has 0 radical (unpaired) electrons. The Morgan fingerprint density at radius 1 is 1.33 bits per heavy atom. The number of nitrogens with two attached hydrogens (primary N) is 1. The van der Waals surface area contributed by atoms with E-state index in [1.54, 1.807) is 11.3 Å². The van der Waals surface area contributed by atoms with Gasteiger partial charge in [-0.05, 0) is 66.3 Å². The van der Waals surface area contributed by atoms with Gasteiger partial charge >= 0.3 is 0 Å². The summed E-state index contributed by atoms with van der Waals surface area (Å²) in [5.41, 5.74) is 6.42. The second-order valence-corrected chi connectivity index (χ2v) is 8.98. The Bertz CT molecular complexity index is 538. The predicted octanol–water partition coefficient (Wildman–Crippen LogP) is 4.91. The topological polar surface area (TPSA) is 29.3 Å². The van der Waals surface area contributed by atoms with Crippen LogP contribution in [0.5, 0.6) is 0 Å². The summed E-state index contributed by atoms with van der Waals surface area (Å²) in [6.07, 6.45) is 2.06. The highest BCUT2D eigenvalue weighted by atomic mass is 79.9.